The molecule has 0 fully saturated rings. The van der Waals surface area contributed by atoms with Crippen molar-refractivity contribution in [3.63, 3.8) is 0 Å². The van der Waals surface area contributed by atoms with E-state index in [2.05, 4.69) is 43.0 Å². The first-order valence-electron chi connectivity index (χ1n) is 13.0. The number of rotatable bonds is 15. The van der Waals surface area contributed by atoms with Gasteiger partial charge in [-0.25, -0.2) is 0 Å². The van der Waals surface area contributed by atoms with Crippen LogP contribution in [0.2, 0.25) is 0 Å². The van der Waals surface area contributed by atoms with E-state index in [4.69, 9.17) is 9.47 Å². The van der Waals surface area contributed by atoms with Crippen LogP contribution >= 0.6 is 0 Å². The Hall–Kier alpha value is -2.94. The van der Waals surface area contributed by atoms with Gasteiger partial charge in [0.2, 0.25) is 0 Å². The molecule has 0 radical (unpaired) electrons. The molecular weight excluding hydrogens is 452 g/mol. The summed E-state index contributed by atoms with van der Waals surface area (Å²) in [6, 6.07) is 15.7. The molecule has 5 heteroatoms. The second-order valence-electron chi connectivity index (χ2n) is 9.13. The van der Waals surface area contributed by atoms with Gasteiger partial charge in [-0.2, -0.15) is 0 Å². The number of aliphatic hydroxyl groups is 1. The van der Waals surface area contributed by atoms with Gasteiger partial charge in [0.05, 0.1) is 19.1 Å². The second-order valence-corrected chi connectivity index (χ2v) is 9.13. The van der Waals surface area contributed by atoms with Crippen molar-refractivity contribution in [3.05, 3.63) is 70.8 Å². The third-order valence-electron chi connectivity index (χ3n) is 6.12. The van der Waals surface area contributed by atoms with Gasteiger partial charge in [-0.3, -0.25) is 9.59 Å². The Morgan fingerprint density at radius 1 is 0.889 bits per heavy atom. The molecule has 0 spiro atoms. The Kier molecular flexibility index (Phi) is 13.6. The number of hydrogen-bond acceptors (Lipinski definition) is 5. The zero-order chi connectivity index (χ0) is 26.2. The van der Waals surface area contributed by atoms with Crippen molar-refractivity contribution in [2.75, 3.05) is 20.3 Å². The van der Waals surface area contributed by atoms with Gasteiger partial charge in [-0.05, 0) is 75.3 Å². The highest BCUT2D eigenvalue weighted by Crippen LogP contribution is 2.17. The third kappa shape index (κ3) is 10.8. The van der Waals surface area contributed by atoms with E-state index in [-0.39, 0.29) is 5.78 Å². The maximum Gasteiger partial charge on any atom is 0.311 e. The van der Waals surface area contributed by atoms with E-state index >= 15 is 0 Å². The van der Waals surface area contributed by atoms with Crippen LogP contribution < -0.4 is 0 Å². The molecule has 194 valence electrons. The lowest BCUT2D eigenvalue weighted by molar-refractivity contribution is -0.149. The molecule has 0 heterocycles. The molecular formula is C31H40O5. The van der Waals surface area contributed by atoms with Crippen molar-refractivity contribution in [3.8, 4) is 11.8 Å². The number of ether oxygens (including phenoxy) is 2. The lowest BCUT2D eigenvalue weighted by Gasteiger charge is -2.16. The summed E-state index contributed by atoms with van der Waals surface area (Å²) in [5, 5.41) is 9.74. The van der Waals surface area contributed by atoms with E-state index in [1.165, 1.54) is 19.1 Å². The fourth-order valence-corrected chi connectivity index (χ4v) is 3.93. The molecule has 0 aliphatic heterocycles. The van der Waals surface area contributed by atoms with Crippen LogP contribution in [0.15, 0.2) is 48.5 Å². The minimum atomic E-state index is -0.803. The number of unbranched alkanes of at least 4 members (excludes halogenated alkanes) is 2. The van der Waals surface area contributed by atoms with Crippen LogP contribution in [0.1, 0.15) is 85.8 Å². The summed E-state index contributed by atoms with van der Waals surface area (Å²) >= 11 is 0. The van der Waals surface area contributed by atoms with Crippen LogP contribution in [0.5, 0.6) is 0 Å². The van der Waals surface area contributed by atoms with Gasteiger partial charge in [-0.15, -0.1) is 0 Å². The lowest BCUT2D eigenvalue weighted by atomic mass is 9.95. The molecule has 0 aliphatic rings. The van der Waals surface area contributed by atoms with E-state index in [0.29, 0.717) is 24.8 Å². The molecule has 1 N–H and O–H groups in total. The number of Topliss-reactive ketones (excluding diaryl/α,β-unsaturated/α-hetero) is 1. The van der Waals surface area contributed by atoms with E-state index in [1.54, 1.807) is 19.1 Å². The van der Waals surface area contributed by atoms with Crippen LogP contribution in [-0.4, -0.2) is 43.3 Å². The molecule has 0 saturated heterocycles. The fraction of sp³-hybridized carbons (Fsp3) is 0.484. The number of esters is 1. The van der Waals surface area contributed by atoms with Gasteiger partial charge in [0.15, 0.2) is 5.78 Å². The maximum atomic E-state index is 12.5. The first kappa shape index (κ1) is 29.3. The predicted octanol–water partition coefficient (Wildman–Crippen LogP) is 5.75. The van der Waals surface area contributed by atoms with Gasteiger partial charge in [-0.1, -0.05) is 49.5 Å². The van der Waals surface area contributed by atoms with E-state index < -0.39 is 18.0 Å². The van der Waals surface area contributed by atoms with Gasteiger partial charge >= 0.3 is 5.97 Å². The van der Waals surface area contributed by atoms with Gasteiger partial charge in [0.25, 0.3) is 0 Å². The largest absolute Gasteiger partial charge is 0.469 e. The Morgan fingerprint density at radius 3 is 2.11 bits per heavy atom. The minimum absolute atomic E-state index is 0.00721. The molecule has 2 rings (SSSR count). The van der Waals surface area contributed by atoms with Crippen molar-refractivity contribution < 1.29 is 24.2 Å². The number of methoxy groups -OCH3 is 1. The Bertz CT molecular complexity index is 980. The summed E-state index contributed by atoms with van der Waals surface area (Å²) in [6.07, 6.45) is 6.03. The van der Waals surface area contributed by atoms with Gasteiger partial charge in [0, 0.05) is 36.3 Å². The number of carbonyl (C=O) groups is 2. The summed E-state index contributed by atoms with van der Waals surface area (Å²) in [5.74, 6) is 5.30. The first-order chi connectivity index (χ1) is 17.4. The number of aliphatic hydroxyl groups excluding tert-OH is 1. The Morgan fingerprint density at radius 2 is 1.53 bits per heavy atom. The zero-order valence-corrected chi connectivity index (χ0v) is 21.9. The third-order valence-corrected chi connectivity index (χ3v) is 6.12. The molecule has 2 atom stereocenters. The molecule has 0 saturated carbocycles. The SMILES string of the molecule is CCCOCCCCCc1ccc(C#Cc2ccc(C(=O)CCC[C@H](C(=O)OC)[C@@H](C)O)cc2)cc1. The standard InChI is InChI=1S/C31H40O5/c1-4-22-36-23-7-5-6-9-25-12-14-26(15-13-25)16-17-27-18-20-28(21-19-27)30(33)11-8-10-29(24(2)32)31(34)35-3/h12-15,18-21,24,29,32H,4-11,22-23H2,1-3H3/t24-,29+/m1/s1. The normalized spacial score (nSPS) is 12.3. The highest BCUT2D eigenvalue weighted by Gasteiger charge is 2.24. The Labute approximate surface area is 216 Å². The topological polar surface area (TPSA) is 72.8 Å². The van der Waals surface area contributed by atoms with Crippen molar-refractivity contribution in [2.24, 2.45) is 5.92 Å². The molecule has 0 unspecified atom stereocenters. The summed E-state index contributed by atoms with van der Waals surface area (Å²) < 4.78 is 10.2. The molecule has 0 aliphatic carbocycles. The highest BCUT2D eigenvalue weighted by atomic mass is 16.5. The molecule has 2 aromatic carbocycles. The molecule has 36 heavy (non-hydrogen) atoms. The van der Waals surface area contributed by atoms with Crippen LogP contribution in [0.25, 0.3) is 0 Å². The van der Waals surface area contributed by atoms with Crippen molar-refractivity contribution in [1.29, 1.82) is 0 Å². The maximum absolute atomic E-state index is 12.5. The minimum Gasteiger partial charge on any atom is -0.469 e. The van der Waals surface area contributed by atoms with E-state index in [9.17, 15) is 14.7 Å². The fourth-order valence-electron chi connectivity index (χ4n) is 3.93. The molecule has 0 amide bonds. The van der Waals surface area contributed by atoms with E-state index in [0.717, 1.165) is 50.0 Å². The summed E-state index contributed by atoms with van der Waals surface area (Å²) in [7, 11) is 1.30. The van der Waals surface area contributed by atoms with Crippen LogP contribution in [0.3, 0.4) is 0 Å². The predicted molar refractivity (Wildman–Crippen MR) is 143 cm³/mol. The van der Waals surface area contributed by atoms with Crippen LogP contribution in [-0.2, 0) is 20.7 Å². The molecule has 2 aromatic rings. The second kappa shape index (κ2) is 16.7. The monoisotopic (exact) mass is 492 g/mol. The average Bonchev–Trinajstić information content (AvgIpc) is 2.89. The smallest absolute Gasteiger partial charge is 0.311 e. The van der Waals surface area contributed by atoms with Crippen molar-refractivity contribution in [2.45, 2.75) is 71.3 Å². The molecule has 0 aromatic heterocycles. The van der Waals surface area contributed by atoms with Gasteiger partial charge < -0.3 is 14.6 Å². The Balaban J connectivity index is 1.78. The number of aryl methyl sites for hydroxylation is 1. The lowest BCUT2D eigenvalue weighted by Crippen LogP contribution is -2.27. The summed E-state index contributed by atoms with van der Waals surface area (Å²) in [6.45, 7) is 5.41. The van der Waals surface area contributed by atoms with Crippen molar-refractivity contribution >= 4 is 11.8 Å². The van der Waals surface area contributed by atoms with Crippen LogP contribution in [0.4, 0.5) is 0 Å². The van der Waals surface area contributed by atoms with Gasteiger partial charge in [0.1, 0.15) is 0 Å². The van der Waals surface area contributed by atoms with Crippen LogP contribution in [0, 0.1) is 17.8 Å². The highest BCUT2D eigenvalue weighted by molar-refractivity contribution is 5.96. The van der Waals surface area contributed by atoms with Crippen molar-refractivity contribution in [1.82, 2.24) is 0 Å². The first-order valence-corrected chi connectivity index (χ1v) is 13.0. The number of ketones is 1. The number of carbonyl (C=O) groups excluding carboxylic acids is 2. The summed E-state index contributed by atoms with van der Waals surface area (Å²) in [5.41, 5.74) is 3.75. The number of benzene rings is 2. The average molecular weight is 493 g/mol. The molecule has 0 bridgehead atoms. The number of hydrogen-bond donors (Lipinski definition) is 1. The molecule has 5 nitrogen and oxygen atoms in total. The zero-order valence-electron chi connectivity index (χ0n) is 21.9. The summed E-state index contributed by atoms with van der Waals surface area (Å²) in [4.78, 5) is 24.2. The quantitative estimate of drug-likeness (QED) is 0.148. The van der Waals surface area contributed by atoms with E-state index in [1.807, 2.05) is 12.1 Å².